The molecular formula is C21H32F3IN4O. The predicted molar refractivity (Wildman–Crippen MR) is 123 cm³/mol. The lowest BCUT2D eigenvalue weighted by Crippen LogP contribution is -2.48. The van der Waals surface area contributed by atoms with Gasteiger partial charge < -0.3 is 19.9 Å². The fourth-order valence-corrected chi connectivity index (χ4v) is 3.96. The van der Waals surface area contributed by atoms with Crippen molar-refractivity contribution < 1.29 is 17.9 Å². The van der Waals surface area contributed by atoms with Crippen LogP contribution in [0.15, 0.2) is 29.3 Å². The Balaban J connectivity index is 0.00000320. The maximum Gasteiger partial charge on any atom is 0.416 e. The Kier molecular flexibility index (Phi) is 10.2. The molecule has 2 saturated heterocycles. The number of rotatable bonds is 6. The number of likely N-dealkylation sites (tertiary alicyclic amines) is 1. The van der Waals surface area contributed by atoms with Gasteiger partial charge in [0, 0.05) is 20.1 Å². The standard InChI is InChI=1S/C21H31F3N4O.HI/c1-25-20(26-9-2-3-10-27-11-4-5-12-27)28-13-14-29-19(16-28)17-7-6-8-18(15-17)21(22,23)24;/h6-8,15,19H,2-5,9-14,16H2,1H3,(H,25,26);1H. The van der Waals surface area contributed by atoms with Crippen molar-refractivity contribution in [2.24, 2.45) is 4.99 Å². The van der Waals surface area contributed by atoms with Gasteiger partial charge in [-0.25, -0.2) is 0 Å². The molecule has 0 radical (unpaired) electrons. The molecule has 30 heavy (non-hydrogen) atoms. The van der Waals surface area contributed by atoms with E-state index in [4.69, 9.17) is 4.74 Å². The number of morpholine rings is 1. The summed E-state index contributed by atoms with van der Waals surface area (Å²) in [6, 6.07) is 5.40. The summed E-state index contributed by atoms with van der Waals surface area (Å²) >= 11 is 0. The molecule has 1 unspecified atom stereocenters. The number of benzene rings is 1. The van der Waals surface area contributed by atoms with Crippen LogP contribution in [0.4, 0.5) is 13.2 Å². The van der Waals surface area contributed by atoms with Crippen LogP contribution >= 0.6 is 24.0 Å². The molecule has 2 fully saturated rings. The highest BCUT2D eigenvalue weighted by Crippen LogP contribution is 2.32. The molecule has 2 aliphatic heterocycles. The van der Waals surface area contributed by atoms with Gasteiger partial charge in [0.05, 0.1) is 18.7 Å². The first-order valence-electron chi connectivity index (χ1n) is 10.4. The van der Waals surface area contributed by atoms with Crippen molar-refractivity contribution in [3.05, 3.63) is 35.4 Å². The Morgan fingerprint density at radius 1 is 1.20 bits per heavy atom. The molecule has 9 heteroatoms. The Labute approximate surface area is 194 Å². The van der Waals surface area contributed by atoms with Gasteiger partial charge >= 0.3 is 6.18 Å². The van der Waals surface area contributed by atoms with Gasteiger partial charge in [-0.05, 0) is 63.0 Å². The molecule has 1 aromatic carbocycles. The van der Waals surface area contributed by atoms with Crippen LogP contribution in [0.5, 0.6) is 0 Å². The molecule has 3 rings (SSSR count). The van der Waals surface area contributed by atoms with Gasteiger partial charge in [0.1, 0.15) is 6.10 Å². The van der Waals surface area contributed by atoms with Gasteiger partial charge in [-0.15, -0.1) is 24.0 Å². The van der Waals surface area contributed by atoms with E-state index in [1.807, 2.05) is 0 Å². The second-order valence-electron chi connectivity index (χ2n) is 7.66. The number of alkyl halides is 3. The SMILES string of the molecule is CN=C(NCCCCN1CCCC1)N1CCOC(c2cccc(C(F)(F)F)c2)C1.I. The molecule has 0 amide bonds. The van der Waals surface area contributed by atoms with E-state index in [9.17, 15) is 13.2 Å². The van der Waals surface area contributed by atoms with Gasteiger partial charge in [-0.1, -0.05) is 12.1 Å². The maximum absolute atomic E-state index is 13.0. The summed E-state index contributed by atoms with van der Waals surface area (Å²) in [7, 11) is 1.74. The van der Waals surface area contributed by atoms with E-state index in [2.05, 4.69) is 20.1 Å². The third-order valence-electron chi connectivity index (χ3n) is 5.55. The summed E-state index contributed by atoms with van der Waals surface area (Å²) in [5, 5.41) is 3.39. The minimum absolute atomic E-state index is 0. The molecule has 1 atom stereocenters. The number of halogens is 4. The number of hydrogen-bond acceptors (Lipinski definition) is 3. The van der Waals surface area contributed by atoms with Crippen LogP contribution in [0, 0.1) is 0 Å². The first-order valence-corrected chi connectivity index (χ1v) is 10.4. The zero-order valence-corrected chi connectivity index (χ0v) is 19.8. The highest BCUT2D eigenvalue weighted by Gasteiger charge is 2.32. The Morgan fingerprint density at radius 3 is 2.67 bits per heavy atom. The topological polar surface area (TPSA) is 40.1 Å². The van der Waals surface area contributed by atoms with Crippen molar-refractivity contribution in [2.45, 2.75) is 38.0 Å². The third-order valence-corrected chi connectivity index (χ3v) is 5.55. The van der Waals surface area contributed by atoms with Crippen LogP contribution in [-0.4, -0.2) is 68.7 Å². The number of aliphatic imine (C=N–C) groups is 1. The molecule has 170 valence electrons. The molecule has 5 nitrogen and oxygen atoms in total. The fourth-order valence-electron chi connectivity index (χ4n) is 3.96. The zero-order chi connectivity index (χ0) is 20.7. The van der Waals surface area contributed by atoms with Crippen LogP contribution < -0.4 is 5.32 Å². The smallest absolute Gasteiger partial charge is 0.370 e. The van der Waals surface area contributed by atoms with E-state index >= 15 is 0 Å². The van der Waals surface area contributed by atoms with E-state index in [-0.39, 0.29) is 24.0 Å². The lowest BCUT2D eigenvalue weighted by molar-refractivity contribution is -0.137. The quantitative estimate of drug-likeness (QED) is 0.255. The van der Waals surface area contributed by atoms with Crippen LogP contribution in [0.25, 0.3) is 0 Å². The van der Waals surface area contributed by atoms with Crippen molar-refractivity contribution in [3.63, 3.8) is 0 Å². The highest BCUT2D eigenvalue weighted by molar-refractivity contribution is 14.0. The Morgan fingerprint density at radius 2 is 1.97 bits per heavy atom. The molecule has 1 aromatic rings. The van der Waals surface area contributed by atoms with Gasteiger partial charge in [0.15, 0.2) is 5.96 Å². The minimum atomic E-state index is -4.35. The molecule has 0 aliphatic carbocycles. The molecule has 0 saturated carbocycles. The van der Waals surface area contributed by atoms with Crippen LogP contribution in [-0.2, 0) is 10.9 Å². The summed E-state index contributed by atoms with van der Waals surface area (Å²) in [6.07, 6.45) is 0.0949. The van der Waals surface area contributed by atoms with Gasteiger partial charge in [-0.2, -0.15) is 13.2 Å². The zero-order valence-electron chi connectivity index (χ0n) is 17.5. The first kappa shape index (κ1) is 25.2. The second-order valence-corrected chi connectivity index (χ2v) is 7.66. The molecule has 1 N–H and O–H groups in total. The van der Waals surface area contributed by atoms with Crippen LogP contribution in [0.2, 0.25) is 0 Å². The number of unbranched alkanes of at least 4 members (excludes halogenated alkanes) is 1. The van der Waals surface area contributed by atoms with E-state index < -0.39 is 17.8 Å². The van der Waals surface area contributed by atoms with Crippen molar-refractivity contribution in [1.29, 1.82) is 0 Å². The molecule has 0 bridgehead atoms. The van der Waals surface area contributed by atoms with E-state index in [0.717, 1.165) is 38.0 Å². The summed E-state index contributed by atoms with van der Waals surface area (Å²) in [6.45, 7) is 6.04. The summed E-state index contributed by atoms with van der Waals surface area (Å²) in [5.74, 6) is 0.784. The second kappa shape index (κ2) is 12.1. The van der Waals surface area contributed by atoms with Gasteiger partial charge in [-0.3, -0.25) is 4.99 Å². The Hall–Kier alpha value is -1.07. The highest BCUT2D eigenvalue weighted by atomic mass is 127. The largest absolute Gasteiger partial charge is 0.416 e. The number of guanidine groups is 1. The average Bonchev–Trinajstić information content (AvgIpc) is 3.24. The molecule has 2 aliphatic rings. The Bertz CT molecular complexity index is 680. The fraction of sp³-hybridized carbons (Fsp3) is 0.667. The minimum Gasteiger partial charge on any atom is -0.370 e. The number of nitrogens with one attached hydrogen (secondary N) is 1. The van der Waals surface area contributed by atoms with E-state index in [1.54, 1.807) is 13.1 Å². The number of hydrogen-bond donors (Lipinski definition) is 1. The van der Waals surface area contributed by atoms with Crippen LogP contribution in [0.1, 0.15) is 42.9 Å². The molecule has 0 spiro atoms. The summed E-state index contributed by atoms with van der Waals surface area (Å²) in [4.78, 5) is 8.93. The molecular weight excluding hydrogens is 508 g/mol. The summed E-state index contributed by atoms with van der Waals surface area (Å²) < 4.78 is 44.8. The first-order chi connectivity index (χ1) is 14.0. The van der Waals surface area contributed by atoms with Crippen molar-refractivity contribution in [3.8, 4) is 0 Å². The van der Waals surface area contributed by atoms with Crippen molar-refractivity contribution >= 4 is 29.9 Å². The normalized spacial score (nSPS) is 20.9. The van der Waals surface area contributed by atoms with E-state index in [0.29, 0.717) is 25.3 Å². The summed E-state index contributed by atoms with van der Waals surface area (Å²) in [5.41, 5.74) is -0.0955. The van der Waals surface area contributed by atoms with E-state index in [1.165, 1.54) is 38.1 Å². The van der Waals surface area contributed by atoms with Crippen molar-refractivity contribution in [2.75, 3.05) is 52.9 Å². The monoisotopic (exact) mass is 540 g/mol. The van der Waals surface area contributed by atoms with Crippen LogP contribution in [0.3, 0.4) is 0 Å². The lowest BCUT2D eigenvalue weighted by atomic mass is 10.0. The number of nitrogens with zero attached hydrogens (tertiary/aromatic N) is 3. The number of ether oxygens (including phenoxy) is 1. The maximum atomic E-state index is 13.0. The van der Waals surface area contributed by atoms with Gasteiger partial charge in [0.25, 0.3) is 0 Å². The third kappa shape index (κ3) is 7.26. The predicted octanol–water partition coefficient (Wildman–Crippen LogP) is 4.15. The molecule has 0 aromatic heterocycles. The van der Waals surface area contributed by atoms with Crippen molar-refractivity contribution in [1.82, 2.24) is 15.1 Å². The lowest BCUT2D eigenvalue weighted by Gasteiger charge is -2.35. The molecule has 2 heterocycles. The van der Waals surface area contributed by atoms with Gasteiger partial charge in [0.2, 0.25) is 0 Å². The average molecular weight is 540 g/mol.